The molecule has 0 radical (unpaired) electrons. The van der Waals surface area contributed by atoms with Gasteiger partial charge < -0.3 is 15.7 Å². The molecular formula is C15H24N2O2. The Balaban J connectivity index is 2.55. The molecule has 1 rings (SSSR count). The van der Waals surface area contributed by atoms with E-state index in [-0.39, 0.29) is 24.2 Å². The lowest BCUT2D eigenvalue weighted by Crippen LogP contribution is -2.50. The van der Waals surface area contributed by atoms with E-state index >= 15 is 0 Å². The molecule has 2 unspecified atom stereocenters. The molecule has 0 aliphatic heterocycles. The number of urea groups is 1. The van der Waals surface area contributed by atoms with Crippen molar-refractivity contribution in [3.8, 4) is 0 Å². The fourth-order valence-corrected chi connectivity index (χ4v) is 1.91. The summed E-state index contributed by atoms with van der Waals surface area (Å²) in [6.07, 6.45) is 1.33. The van der Waals surface area contributed by atoms with Crippen LogP contribution in [-0.2, 0) is 0 Å². The number of hydrogen-bond donors (Lipinski definition) is 3. The highest BCUT2D eigenvalue weighted by Crippen LogP contribution is 2.15. The Morgan fingerprint density at radius 1 is 1.37 bits per heavy atom. The normalized spacial score (nSPS) is 15.4. The second-order valence-corrected chi connectivity index (χ2v) is 5.12. The first-order valence-corrected chi connectivity index (χ1v) is 6.75. The molecule has 1 aromatic rings. The molecule has 19 heavy (non-hydrogen) atoms. The number of carbonyl (C=O) groups excluding carboxylic acids is 1. The van der Waals surface area contributed by atoms with Crippen LogP contribution in [0, 0.1) is 0 Å². The molecule has 2 amide bonds. The van der Waals surface area contributed by atoms with Gasteiger partial charge in [0.2, 0.25) is 0 Å². The number of hydrogen-bond acceptors (Lipinski definition) is 2. The van der Waals surface area contributed by atoms with Gasteiger partial charge in [-0.25, -0.2) is 4.79 Å². The van der Waals surface area contributed by atoms with Crippen LogP contribution in [0.5, 0.6) is 0 Å². The monoisotopic (exact) mass is 264 g/mol. The fraction of sp³-hybridized carbons (Fsp3) is 0.533. The number of aliphatic hydroxyl groups is 1. The van der Waals surface area contributed by atoms with Crippen LogP contribution in [0.4, 0.5) is 4.79 Å². The van der Waals surface area contributed by atoms with E-state index in [1.54, 1.807) is 0 Å². The van der Waals surface area contributed by atoms with Crippen molar-refractivity contribution in [2.24, 2.45) is 0 Å². The summed E-state index contributed by atoms with van der Waals surface area (Å²) in [5.74, 6) is 0. The lowest BCUT2D eigenvalue weighted by Gasteiger charge is -2.29. The molecule has 0 aromatic heterocycles. The Bertz CT molecular complexity index is 394. The maximum Gasteiger partial charge on any atom is 0.315 e. The van der Waals surface area contributed by atoms with Gasteiger partial charge in [-0.1, -0.05) is 37.3 Å². The van der Waals surface area contributed by atoms with Gasteiger partial charge in [0.1, 0.15) is 0 Å². The number of aliphatic hydroxyl groups excluding tert-OH is 1. The Kier molecular flexibility index (Phi) is 5.83. The summed E-state index contributed by atoms with van der Waals surface area (Å²) in [6.45, 7) is 5.95. The maximum absolute atomic E-state index is 12.0. The zero-order valence-electron chi connectivity index (χ0n) is 11.9. The lowest BCUT2D eigenvalue weighted by molar-refractivity contribution is 0.199. The predicted molar refractivity (Wildman–Crippen MR) is 76.9 cm³/mol. The van der Waals surface area contributed by atoms with E-state index < -0.39 is 0 Å². The van der Waals surface area contributed by atoms with E-state index in [0.29, 0.717) is 6.42 Å². The summed E-state index contributed by atoms with van der Waals surface area (Å²) in [6, 6.07) is 9.58. The van der Waals surface area contributed by atoms with Crippen molar-refractivity contribution in [3.63, 3.8) is 0 Å². The highest BCUT2D eigenvalue weighted by Gasteiger charge is 2.24. The van der Waals surface area contributed by atoms with Crippen LogP contribution in [0.25, 0.3) is 0 Å². The van der Waals surface area contributed by atoms with Gasteiger partial charge >= 0.3 is 6.03 Å². The van der Waals surface area contributed by atoms with Crippen molar-refractivity contribution in [2.45, 2.75) is 45.2 Å². The molecule has 4 nitrogen and oxygen atoms in total. The first kappa shape index (κ1) is 15.5. The number of rotatable bonds is 6. The zero-order chi connectivity index (χ0) is 14.3. The van der Waals surface area contributed by atoms with Crippen LogP contribution < -0.4 is 10.6 Å². The molecular weight excluding hydrogens is 240 g/mol. The lowest BCUT2D eigenvalue weighted by atomic mass is 9.95. The van der Waals surface area contributed by atoms with Crippen LogP contribution in [0.3, 0.4) is 0 Å². The molecule has 0 saturated carbocycles. The topological polar surface area (TPSA) is 61.4 Å². The molecule has 0 saturated heterocycles. The van der Waals surface area contributed by atoms with Gasteiger partial charge in [-0.05, 0) is 32.3 Å². The fourth-order valence-electron chi connectivity index (χ4n) is 1.91. The molecule has 3 N–H and O–H groups in total. The van der Waals surface area contributed by atoms with Crippen molar-refractivity contribution in [3.05, 3.63) is 35.9 Å². The molecule has 1 aromatic carbocycles. The van der Waals surface area contributed by atoms with Crippen molar-refractivity contribution in [2.75, 3.05) is 6.61 Å². The highest BCUT2D eigenvalue weighted by molar-refractivity contribution is 5.75. The molecule has 0 aliphatic rings. The SMILES string of the molecule is CCC(C)(CCO)NC(=O)NC(C)c1ccccc1. The van der Waals surface area contributed by atoms with Crippen LogP contribution in [0.1, 0.15) is 45.2 Å². The Morgan fingerprint density at radius 2 is 2.00 bits per heavy atom. The molecule has 0 bridgehead atoms. The minimum Gasteiger partial charge on any atom is -0.396 e. The minimum atomic E-state index is -0.366. The first-order valence-electron chi connectivity index (χ1n) is 6.75. The van der Waals surface area contributed by atoms with Crippen molar-refractivity contribution in [1.82, 2.24) is 10.6 Å². The van der Waals surface area contributed by atoms with Crippen molar-refractivity contribution >= 4 is 6.03 Å². The van der Waals surface area contributed by atoms with Crippen molar-refractivity contribution < 1.29 is 9.90 Å². The molecule has 2 atom stereocenters. The third-order valence-corrected chi connectivity index (χ3v) is 3.51. The highest BCUT2D eigenvalue weighted by atomic mass is 16.3. The van der Waals surface area contributed by atoms with E-state index in [2.05, 4.69) is 10.6 Å². The Labute approximate surface area is 115 Å². The maximum atomic E-state index is 12.0. The average molecular weight is 264 g/mol. The second kappa shape index (κ2) is 7.14. The van der Waals surface area contributed by atoms with Gasteiger partial charge in [-0.15, -0.1) is 0 Å². The minimum absolute atomic E-state index is 0.0450. The molecule has 0 spiro atoms. The summed E-state index contributed by atoms with van der Waals surface area (Å²) in [5.41, 5.74) is 0.702. The van der Waals surface area contributed by atoms with Crippen molar-refractivity contribution in [1.29, 1.82) is 0 Å². The largest absolute Gasteiger partial charge is 0.396 e. The third-order valence-electron chi connectivity index (χ3n) is 3.51. The van der Waals surface area contributed by atoms with Crippen LogP contribution >= 0.6 is 0 Å². The van der Waals surface area contributed by atoms with Gasteiger partial charge in [0.25, 0.3) is 0 Å². The number of benzene rings is 1. The standard InChI is InChI=1S/C15H24N2O2/c1-4-15(3,10-11-18)17-14(19)16-12(2)13-8-6-5-7-9-13/h5-9,12,18H,4,10-11H2,1-3H3,(H2,16,17,19). The van der Waals surface area contributed by atoms with E-state index in [1.807, 2.05) is 51.1 Å². The predicted octanol–water partition coefficient (Wildman–Crippen LogP) is 2.60. The second-order valence-electron chi connectivity index (χ2n) is 5.12. The Morgan fingerprint density at radius 3 is 2.53 bits per heavy atom. The number of nitrogens with one attached hydrogen (secondary N) is 2. The van der Waals surface area contributed by atoms with E-state index in [0.717, 1.165) is 12.0 Å². The smallest absolute Gasteiger partial charge is 0.315 e. The van der Waals surface area contributed by atoms with Crippen LogP contribution in [-0.4, -0.2) is 23.3 Å². The van der Waals surface area contributed by atoms with Gasteiger partial charge in [0, 0.05) is 12.1 Å². The van der Waals surface area contributed by atoms with E-state index in [1.165, 1.54) is 0 Å². The van der Waals surface area contributed by atoms with E-state index in [9.17, 15) is 4.79 Å². The van der Waals surface area contributed by atoms with Gasteiger partial charge in [0.15, 0.2) is 0 Å². The molecule has 4 heteroatoms. The van der Waals surface area contributed by atoms with Gasteiger partial charge in [-0.3, -0.25) is 0 Å². The summed E-state index contributed by atoms with van der Waals surface area (Å²) in [4.78, 5) is 12.0. The quantitative estimate of drug-likeness (QED) is 0.739. The Hall–Kier alpha value is -1.55. The summed E-state index contributed by atoms with van der Waals surface area (Å²) < 4.78 is 0. The number of carbonyl (C=O) groups is 1. The third kappa shape index (κ3) is 4.91. The average Bonchev–Trinajstić information content (AvgIpc) is 2.39. The molecule has 106 valence electrons. The number of amides is 2. The summed E-state index contributed by atoms with van der Waals surface area (Å²) >= 11 is 0. The summed E-state index contributed by atoms with van der Waals surface area (Å²) in [7, 11) is 0. The van der Waals surface area contributed by atoms with Gasteiger partial charge in [-0.2, -0.15) is 0 Å². The van der Waals surface area contributed by atoms with E-state index in [4.69, 9.17) is 5.11 Å². The molecule has 0 heterocycles. The van der Waals surface area contributed by atoms with Crippen LogP contribution in [0.15, 0.2) is 30.3 Å². The van der Waals surface area contributed by atoms with Crippen LogP contribution in [0.2, 0.25) is 0 Å². The first-order chi connectivity index (χ1) is 9.00. The molecule has 0 aliphatic carbocycles. The van der Waals surface area contributed by atoms with Gasteiger partial charge in [0.05, 0.1) is 6.04 Å². The molecule has 0 fully saturated rings. The zero-order valence-corrected chi connectivity index (χ0v) is 11.9. The summed E-state index contributed by atoms with van der Waals surface area (Å²) in [5, 5.41) is 14.9.